The van der Waals surface area contributed by atoms with Crippen LogP contribution < -0.4 is 24.8 Å². The molecule has 1 aromatic carbocycles. The number of sulfonamides is 1. The Hall–Kier alpha value is -4.24. The van der Waals surface area contributed by atoms with Gasteiger partial charge in [-0.1, -0.05) is 32.4 Å². The minimum Gasteiger partial charge on any atom is -0.497 e. The molecule has 0 radical (unpaired) electrons. The molecular formula is C36H44N6O7S2. The number of carbonyl (C=O) groups excluding carboxylic acids is 3. The van der Waals surface area contributed by atoms with Crippen LogP contribution in [0.1, 0.15) is 76.8 Å². The van der Waals surface area contributed by atoms with Gasteiger partial charge >= 0.3 is 6.03 Å². The molecule has 2 aromatic heterocycles. The third kappa shape index (κ3) is 7.41. The molecule has 0 unspecified atom stereocenters. The topological polar surface area (TPSA) is 169 Å². The number of nitrogens with one attached hydrogen (secondary N) is 3. The minimum absolute atomic E-state index is 0.118. The molecule has 0 bridgehead atoms. The van der Waals surface area contributed by atoms with Crippen LogP contribution in [0.5, 0.6) is 11.5 Å². The summed E-state index contributed by atoms with van der Waals surface area (Å²) in [6, 6.07) is 6.00. The number of amides is 4. The molecule has 4 amide bonds. The van der Waals surface area contributed by atoms with Crippen LogP contribution in [0.25, 0.3) is 21.6 Å². The predicted octanol–water partition coefficient (Wildman–Crippen LogP) is 4.64. The summed E-state index contributed by atoms with van der Waals surface area (Å²) in [4.78, 5) is 52.5. The van der Waals surface area contributed by atoms with E-state index < -0.39 is 50.8 Å². The summed E-state index contributed by atoms with van der Waals surface area (Å²) in [6.07, 6.45) is 8.10. The standard InChI is InChI=1S/C36H44N6O7S2/c1-21(2)29-20-50-33(39-29)28-17-31(26-13-10-23(48-3)15-27(26)38-28)49-24-16-30-32(43)40-36(34(44)41-51(46,47)25-11-12-25)18-22(36)9-7-5-4-6-8-14-37-35(45)42(30)19-24/h7,9-10,13,15,17,20-22,24-25,30H,4-6,8,11-12,14,16,18-19H2,1-3H3,(H,37,45)(H,40,43)(H,41,44)/b9-7-/t22-,24-,30+,36-/m1/s1. The van der Waals surface area contributed by atoms with E-state index >= 15 is 0 Å². The summed E-state index contributed by atoms with van der Waals surface area (Å²) >= 11 is 1.50. The summed E-state index contributed by atoms with van der Waals surface area (Å²) < 4.78 is 39.9. The van der Waals surface area contributed by atoms with Crippen molar-refractivity contribution in [2.45, 2.75) is 94.1 Å². The Morgan fingerprint density at radius 3 is 2.71 bits per heavy atom. The highest BCUT2D eigenvalue weighted by atomic mass is 32.2. The molecule has 4 heterocycles. The van der Waals surface area contributed by atoms with Crippen LogP contribution >= 0.6 is 11.3 Å². The third-order valence-corrected chi connectivity index (χ3v) is 12.8. The SMILES string of the molecule is COc1ccc2c(O[C@@H]3C[C@H]4C(=O)N[C@]5(C(=O)NS(=O)(=O)C6CC6)C[C@H]5/C=C\CCCCCNC(=O)N4C3)cc(-c3nc(C(C)C)cs3)nc2c1. The van der Waals surface area contributed by atoms with E-state index in [9.17, 15) is 22.8 Å². The number of pyridine rings is 1. The largest absolute Gasteiger partial charge is 0.497 e. The Kier molecular flexibility index (Phi) is 9.69. The van der Waals surface area contributed by atoms with Gasteiger partial charge in [0, 0.05) is 41.8 Å². The Labute approximate surface area is 301 Å². The number of rotatable bonds is 8. The van der Waals surface area contributed by atoms with Crippen molar-refractivity contribution in [2.24, 2.45) is 5.92 Å². The number of hydrogen-bond acceptors (Lipinski definition) is 10. The van der Waals surface area contributed by atoms with Gasteiger partial charge in [-0.2, -0.15) is 0 Å². The number of aromatic nitrogens is 2. The Bertz CT molecular complexity index is 1980. The summed E-state index contributed by atoms with van der Waals surface area (Å²) in [7, 11) is -2.24. The second-order valence-electron chi connectivity index (χ2n) is 14.2. The van der Waals surface area contributed by atoms with E-state index in [0.29, 0.717) is 42.1 Å². The number of hydrogen-bond donors (Lipinski definition) is 3. The van der Waals surface area contributed by atoms with Crippen molar-refractivity contribution in [3.05, 3.63) is 47.5 Å². The normalized spacial score (nSPS) is 26.3. The van der Waals surface area contributed by atoms with Crippen molar-refractivity contribution >= 4 is 50.1 Å². The van der Waals surface area contributed by atoms with Crippen LogP contribution in [-0.4, -0.2) is 84.3 Å². The zero-order valence-corrected chi connectivity index (χ0v) is 30.6. The molecule has 2 aliphatic carbocycles. The van der Waals surface area contributed by atoms with Crippen molar-refractivity contribution in [1.29, 1.82) is 0 Å². The zero-order chi connectivity index (χ0) is 35.9. The molecule has 272 valence electrons. The average molecular weight is 737 g/mol. The maximum atomic E-state index is 14.1. The molecule has 2 saturated carbocycles. The molecule has 15 heteroatoms. The van der Waals surface area contributed by atoms with Gasteiger partial charge in [-0.3, -0.25) is 14.3 Å². The smallest absolute Gasteiger partial charge is 0.318 e. The number of fused-ring (bicyclic) bond motifs is 3. The van der Waals surface area contributed by atoms with Crippen LogP contribution in [0, 0.1) is 5.92 Å². The molecule has 0 spiro atoms. The highest BCUT2D eigenvalue weighted by molar-refractivity contribution is 7.91. The molecular weight excluding hydrogens is 693 g/mol. The fourth-order valence-electron chi connectivity index (χ4n) is 6.80. The summed E-state index contributed by atoms with van der Waals surface area (Å²) in [5.41, 5.74) is 0.822. The van der Waals surface area contributed by atoms with Gasteiger partial charge in [0.25, 0.3) is 5.91 Å². The van der Waals surface area contributed by atoms with Crippen LogP contribution in [0.2, 0.25) is 0 Å². The van der Waals surface area contributed by atoms with E-state index in [1.54, 1.807) is 7.11 Å². The summed E-state index contributed by atoms with van der Waals surface area (Å²) in [6.45, 7) is 4.74. The van der Waals surface area contributed by atoms with Gasteiger partial charge in [0.05, 0.1) is 30.1 Å². The number of carbonyl (C=O) groups is 3. The Morgan fingerprint density at radius 1 is 1.14 bits per heavy atom. The number of nitrogens with zero attached hydrogens (tertiary/aromatic N) is 3. The lowest BCUT2D eigenvalue weighted by Gasteiger charge is -2.26. The van der Waals surface area contributed by atoms with Crippen molar-refractivity contribution in [3.8, 4) is 22.2 Å². The van der Waals surface area contributed by atoms with Gasteiger partial charge in [-0.05, 0) is 56.6 Å². The van der Waals surface area contributed by atoms with Gasteiger partial charge in [-0.25, -0.2) is 23.2 Å². The minimum atomic E-state index is -3.84. The van der Waals surface area contributed by atoms with Gasteiger partial charge in [0.1, 0.15) is 39.9 Å². The van der Waals surface area contributed by atoms with Crippen LogP contribution in [0.3, 0.4) is 0 Å². The molecule has 3 N–H and O–H groups in total. The second-order valence-corrected chi connectivity index (χ2v) is 17.0. The van der Waals surface area contributed by atoms with E-state index in [1.165, 1.54) is 16.2 Å². The lowest BCUT2D eigenvalue weighted by Crippen LogP contribution is -2.57. The quantitative estimate of drug-likeness (QED) is 0.279. The zero-order valence-electron chi connectivity index (χ0n) is 29.0. The number of benzene rings is 1. The Morgan fingerprint density at radius 2 is 1.96 bits per heavy atom. The van der Waals surface area contributed by atoms with Gasteiger partial charge < -0.3 is 25.0 Å². The first-order valence-corrected chi connectivity index (χ1v) is 20.1. The van der Waals surface area contributed by atoms with E-state index in [2.05, 4.69) is 29.2 Å². The third-order valence-electron chi connectivity index (χ3n) is 10.1. The van der Waals surface area contributed by atoms with E-state index in [1.807, 2.05) is 41.8 Å². The molecule has 3 aromatic rings. The fraction of sp³-hybridized carbons (Fsp3) is 0.528. The lowest BCUT2D eigenvalue weighted by atomic mass is 10.1. The monoisotopic (exact) mass is 736 g/mol. The van der Waals surface area contributed by atoms with Crippen molar-refractivity contribution in [1.82, 2.24) is 30.2 Å². The molecule has 4 atom stereocenters. The van der Waals surface area contributed by atoms with E-state index in [0.717, 1.165) is 41.8 Å². The lowest BCUT2D eigenvalue weighted by molar-refractivity contribution is -0.131. The molecule has 51 heavy (non-hydrogen) atoms. The molecule has 7 rings (SSSR count). The van der Waals surface area contributed by atoms with Crippen molar-refractivity contribution in [2.75, 3.05) is 20.2 Å². The first-order valence-electron chi connectivity index (χ1n) is 17.7. The van der Waals surface area contributed by atoms with Crippen LogP contribution in [-0.2, 0) is 19.6 Å². The summed E-state index contributed by atoms with van der Waals surface area (Å²) in [5, 5.41) is 8.77. The number of ether oxygens (including phenoxy) is 2. The first kappa shape index (κ1) is 35.2. The Balaban J connectivity index is 1.18. The number of thiazole rings is 1. The van der Waals surface area contributed by atoms with Gasteiger partial charge in [0.15, 0.2) is 0 Å². The average Bonchev–Trinajstić information content (AvgIpc) is 3.97. The first-order chi connectivity index (χ1) is 24.5. The molecule has 4 aliphatic rings. The molecule has 13 nitrogen and oxygen atoms in total. The molecule has 3 fully saturated rings. The van der Waals surface area contributed by atoms with E-state index in [-0.39, 0.29) is 31.2 Å². The maximum Gasteiger partial charge on any atom is 0.318 e. The number of methoxy groups -OCH3 is 1. The second kappa shape index (κ2) is 14.1. The van der Waals surface area contributed by atoms with Crippen molar-refractivity contribution in [3.63, 3.8) is 0 Å². The van der Waals surface area contributed by atoms with Gasteiger partial charge in [-0.15, -0.1) is 11.3 Å². The highest BCUT2D eigenvalue weighted by Gasteiger charge is 2.62. The molecule has 2 aliphatic heterocycles. The highest BCUT2D eigenvalue weighted by Crippen LogP contribution is 2.46. The predicted molar refractivity (Wildman–Crippen MR) is 193 cm³/mol. The summed E-state index contributed by atoms with van der Waals surface area (Å²) in [5.74, 6) is -0.218. The van der Waals surface area contributed by atoms with Crippen molar-refractivity contribution < 1.29 is 32.3 Å². The maximum absolute atomic E-state index is 14.1. The number of urea groups is 1. The fourth-order valence-corrected chi connectivity index (χ4v) is 9.11. The van der Waals surface area contributed by atoms with Gasteiger partial charge in [0.2, 0.25) is 15.9 Å². The number of allylic oxidation sites excluding steroid dienone is 1. The van der Waals surface area contributed by atoms with Crippen LogP contribution in [0.15, 0.2) is 41.8 Å². The van der Waals surface area contributed by atoms with Crippen LogP contribution in [0.4, 0.5) is 4.79 Å². The molecule has 1 saturated heterocycles. The van der Waals surface area contributed by atoms with E-state index in [4.69, 9.17) is 19.4 Å².